The van der Waals surface area contributed by atoms with Gasteiger partial charge in [0.1, 0.15) is 0 Å². The van der Waals surface area contributed by atoms with E-state index in [2.05, 4.69) is 43.9 Å². The van der Waals surface area contributed by atoms with E-state index < -0.39 is 0 Å². The van der Waals surface area contributed by atoms with Gasteiger partial charge < -0.3 is 19.9 Å². The van der Waals surface area contributed by atoms with Crippen LogP contribution in [0, 0.1) is 5.92 Å². The summed E-state index contributed by atoms with van der Waals surface area (Å²) in [7, 11) is 1.84. The zero-order chi connectivity index (χ0) is 17.2. The summed E-state index contributed by atoms with van der Waals surface area (Å²) in [4.78, 5) is 17.5. The maximum atomic E-state index is 5.61. The van der Waals surface area contributed by atoms with Crippen molar-refractivity contribution >= 4 is 11.9 Å². The largest absolute Gasteiger partial charge is 0.381 e. The molecule has 1 fully saturated rings. The van der Waals surface area contributed by atoms with Gasteiger partial charge in [-0.1, -0.05) is 13.8 Å². The molecule has 1 aliphatic rings. The lowest BCUT2D eigenvalue weighted by molar-refractivity contribution is 0.108. The number of rotatable bonds is 7. The third kappa shape index (κ3) is 5.96. The van der Waals surface area contributed by atoms with Crippen LogP contribution in [0.2, 0.25) is 0 Å². The summed E-state index contributed by atoms with van der Waals surface area (Å²) in [6, 6.07) is 1.84. The van der Waals surface area contributed by atoms with Gasteiger partial charge in [0.05, 0.1) is 0 Å². The molecule has 134 valence electrons. The summed E-state index contributed by atoms with van der Waals surface area (Å²) in [5, 5.41) is 3.43. The Morgan fingerprint density at radius 3 is 2.58 bits per heavy atom. The number of nitrogens with one attached hydrogen (secondary N) is 1. The maximum Gasteiger partial charge on any atom is 0.225 e. The number of nitrogens with zero attached hydrogens (tertiary/aromatic N) is 5. The predicted octanol–water partition coefficient (Wildman–Crippen LogP) is 1.24. The van der Waals surface area contributed by atoms with Gasteiger partial charge in [-0.3, -0.25) is 4.99 Å². The number of piperazine rings is 1. The molecule has 0 spiro atoms. The Kier molecular flexibility index (Phi) is 7.74. The minimum absolute atomic E-state index is 0.593. The number of hydrogen-bond acceptors (Lipinski definition) is 5. The molecule has 1 aromatic rings. The molecule has 0 aromatic carbocycles. The summed E-state index contributed by atoms with van der Waals surface area (Å²) < 4.78 is 5.61. The highest BCUT2D eigenvalue weighted by atomic mass is 16.5. The van der Waals surface area contributed by atoms with Gasteiger partial charge in [-0.2, -0.15) is 0 Å². The van der Waals surface area contributed by atoms with Crippen LogP contribution in [-0.4, -0.2) is 73.8 Å². The SMILES string of the molecule is CN=C(NCCCOCC(C)C)N1CCN(c2ncccn2)CC1. The molecule has 0 aliphatic carbocycles. The van der Waals surface area contributed by atoms with Gasteiger partial charge in [0.25, 0.3) is 0 Å². The second-order valence-corrected chi connectivity index (χ2v) is 6.32. The number of aliphatic imine (C=N–C) groups is 1. The maximum absolute atomic E-state index is 5.61. The Hall–Kier alpha value is -1.89. The van der Waals surface area contributed by atoms with Crippen molar-refractivity contribution in [3.8, 4) is 0 Å². The zero-order valence-electron chi connectivity index (χ0n) is 15.1. The molecule has 1 saturated heterocycles. The van der Waals surface area contributed by atoms with E-state index in [1.165, 1.54) is 0 Å². The number of guanidine groups is 1. The van der Waals surface area contributed by atoms with Crippen molar-refractivity contribution in [2.75, 3.05) is 57.9 Å². The predicted molar refractivity (Wildman–Crippen MR) is 97.5 cm³/mol. The van der Waals surface area contributed by atoms with Gasteiger partial charge >= 0.3 is 0 Å². The molecule has 0 bridgehead atoms. The van der Waals surface area contributed by atoms with Crippen molar-refractivity contribution in [1.82, 2.24) is 20.2 Å². The molecule has 0 amide bonds. The highest BCUT2D eigenvalue weighted by Gasteiger charge is 2.20. The Balaban J connectivity index is 1.68. The minimum atomic E-state index is 0.593. The normalized spacial score (nSPS) is 15.9. The molecule has 7 heteroatoms. The Labute approximate surface area is 145 Å². The summed E-state index contributed by atoms with van der Waals surface area (Å²) in [5.74, 6) is 2.37. The molecule has 0 atom stereocenters. The Morgan fingerprint density at radius 2 is 1.96 bits per heavy atom. The van der Waals surface area contributed by atoms with Gasteiger partial charge in [0, 0.05) is 65.4 Å². The third-order valence-corrected chi connectivity index (χ3v) is 3.83. The van der Waals surface area contributed by atoms with Crippen LogP contribution in [0.3, 0.4) is 0 Å². The molecular formula is C17H30N6O. The van der Waals surface area contributed by atoms with Crippen LogP contribution in [0.4, 0.5) is 5.95 Å². The molecule has 0 saturated carbocycles. The summed E-state index contributed by atoms with van der Waals surface area (Å²) in [6.07, 6.45) is 4.57. The standard InChI is InChI=1S/C17H30N6O/c1-15(2)14-24-13-5-8-19-16(18-3)22-9-11-23(12-10-22)17-20-6-4-7-21-17/h4,6-7,15H,5,8-14H2,1-3H3,(H,18,19). The van der Waals surface area contributed by atoms with Crippen molar-refractivity contribution in [2.45, 2.75) is 20.3 Å². The topological polar surface area (TPSA) is 65.9 Å². The molecule has 0 radical (unpaired) electrons. The lowest BCUT2D eigenvalue weighted by Gasteiger charge is -2.36. The zero-order valence-corrected chi connectivity index (χ0v) is 15.1. The van der Waals surface area contributed by atoms with Gasteiger partial charge in [-0.25, -0.2) is 9.97 Å². The first-order valence-corrected chi connectivity index (χ1v) is 8.76. The number of aromatic nitrogens is 2. The van der Waals surface area contributed by atoms with Gasteiger partial charge in [-0.15, -0.1) is 0 Å². The molecule has 1 aliphatic heterocycles. The average molecular weight is 334 g/mol. The van der Waals surface area contributed by atoms with E-state index in [9.17, 15) is 0 Å². The fraction of sp³-hybridized carbons (Fsp3) is 0.706. The summed E-state index contributed by atoms with van der Waals surface area (Å²) in [5.41, 5.74) is 0. The summed E-state index contributed by atoms with van der Waals surface area (Å²) in [6.45, 7) is 10.5. The quantitative estimate of drug-likeness (QED) is 0.460. The van der Waals surface area contributed by atoms with Crippen LogP contribution < -0.4 is 10.2 Å². The molecule has 2 rings (SSSR count). The van der Waals surface area contributed by atoms with Crippen LogP contribution in [0.15, 0.2) is 23.5 Å². The van der Waals surface area contributed by atoms with Crippen molar-refractivity contribution in [1.29, 1.82) is 0 Å². The first-order valence-electron chi connectivity index (χ1n) is 8.76. The molecule has 24 heavy (non-hydrogen) atoms. The van der Waals surface area contributed by atoms with Crippen LogP contribution in [0.25, 0.3) is 0 Å². The van der Waals surface area contributed by atoms with Gasteiger partial charge in [-0.05, 0) is 18.4 Å². The molecule has 0 unspecified atom stereocenters. The first kappa shape index (κ1) is 18.4. The highest BCUT2D eigenvalue weighted by molar-refractivity contribution is 5.80. The van der Waals surface area contributed by atoms with Crippen LogP contribution in [-0.2, 0) is 4.74 Å². The third-order valence-electron chi connectivity index (χ3n) is 3.83. The van der Waals surface area contributed by atoms with E-state index in [1.807, 2.05) is 13.1 Å². The monoisotopic (exact) mass is 334 g/mol. The Morgan fingerprint density at radius 1 is 1.25 bits per heavy atom. The Bertz CT molecular complexity index is 485. The van der Waals surface area contributed by atoms with Gasteiger partial charge in [0.15, 0.2) is 5.96 Å². The minimum Gasteiger partial charge on any atom is -0.381 e. The van der Waals surface area contributed by atoms with Crippen molar-refractivity contribution in [3.05, 3.63) is 18.5 Å². The van der Waals surface area contributed by atoms with Gasteiger partial charge in [0.2, 0.25) is 5.95 Å². The first-order chi connectivity index (χ1) is 11.7. The van der Waals surface area contributed by atoms with Crippen LogP contribution >= 0.6 is 0 Å². The van der Waals surface area contributed by atoms with Crippen molar-refractivity contribution in [3.63, 3.8) is 0 Å². The number of hydrogen-bond donors (Lipinski definition) is 1. The van der Waals surface area contributed by atoms with Crippen molar-refractivity contribution < 1.29 is 4.74 Å². The molecular weight excluding hydrogens is 304 g/mol. The second-order valence-electron chi connectivity index (χ2n) is 6.32. The average Bonchev–Trinajstić information content (AvgIpc) is 2.62. The van der Waals surface area contributed by atoms with E-state index in [4.69, 9.17) is 4.74 Å². The lowest BCUT2D eigenvalue weighted by Crippen LogP contribution is -2.53. The second kappa shape index (κ2) is 10.1. The lowest BCUT2D eigenvalue weighted by atomic mass is 10.2. The van der Waals surface area contributed by atoms with Crippen molar-refractivity contribution in [2.24, 2.45) is 10.9 Å². The van der Waals surface area contributed by atoms with Crippen LogP contribution in [0.1, 0.15) is 20.3 Å². The fourth-order valence-corrected chi connectivity index (χ4v) is 2.60. The van der Waals surface area contributed by atoms with E-state index >= 15 is 0 Å². The molecule has 2 heterocycles. The number of ether oxygens (including phenoxy) is 1. The van der Waals surface area contributed by atoms with E-state index in [0.29, 0.717) is 5.92 Å². The highest BCUT2D eigenvalue weighted by Crippen LogP contribution is 2.09. The van der Waals surface area contributed by atoms with E-state index in [1.54, 1.807) is 12.4 Å². The summed E-state index contributed by atoms with van der Waals surface area (Å²) >= 11 is 0. The molecule has 1 N–H and O–H groups in total. The molecule has 1 aromatic heterocycles. The van der Waals surface area contributed by atoms with E-state index in [-0.39, 0.29) is 0 Å². The smallest absolute Gasteiger partial charge is 0.225 e. The van der Waals surface area contributed by atoms with Crippen LogP contribution in [0.5, 0.6) is 0 Å². The number of anilines is 1. The fourth-order valence-electron chi connectivity index (χ4n) is 2.60. The van der Waals surface area contributed by atoms with E-state index in [0.717, 1.165) is 64.3 Å². The molecule has 7 nitrogen and oxygen atoms in total.